The normalized spacial score (nSPS) is 12.8. The van der Waals surface area contributed by atoms with Crippen LogP contribution in [0, 0.1) is 0 Å². The van der Waals surface area contributed by atoms with E-state index in [1.165, 1.54) is 49.7 Å². The van der Waals surface area contributed by atoms with Gasteiger partial charge < -0.3 is 5.32 Å². The molecule has 0 fully saturated rings. The molecular formula is C19H33N. The molecule has 1 N–H and O–H groups in total. The molecule has 0 saturated carbocycles. The van der Waals surface area contributed by atoms with Crippen molar-refractivity contribution in [2.75, 3.05) is 6.54 Å². The maximum absolute atomic E-state index is 3.64. The minimum Gasteiger partial charge on any atom is -0.310 e. The summed E-state index contributed by atoms with van der Waals surface area (Å²) in [7, 11) is 0. The molecule has 1 nitrogen and oxygen atoms in total. The van der Waals surface area contributed by atoms with E-state index in [0.717, 1.165) is 6.54 Å². The number of unbranched alkanes of at least 4 members (excludes halogenated alkanes) is 4. The molecule has 1 aromatic carbocycles. The van der Waals surface area contributed by atoms with E-state index < -0.39 is 0 Å². The predicted molar refractivity (Wildman–Crippen MR) is 90.3 cm³/mol. The maximum Gasteiger partial charge on any atom is 0.0320 e. The third kappa shape index (κ3) is 6.09. The zero-order valence-corrected chi connectivity index (χ0v) is 13.9. The maximum atomic E-state index is 3.64. The number of benzene rings is 1. The van der Waals surface area contributed by atoms with Crippen LogP contribution in [0.5, 0.6) is 0 Å². The lowest BCUT2D eigenvalue weighted by atomic mass is 9.96. The molecule has 20 heavy (non-hydrogen) atoms. The number of nitrogens with one attached hydrogen (secondary N) is 1. The van der Waals surface area contributed by atoms with Gasteiger partial charge in [-0.15, -0.1) is 0 Å². The van der Waals surface area contributed by atoms with Crippen molar-refractivity contribution in [3.8, 4) is 0 Å². The van der Waals surface area contributed by atoms with Crippen molar-refractivity contribution < 1.29 is 0 Å². The van der Waals surface area contributed by atoms with Crippen LogP contribution in [0.15, 0.2) is 24.3 Å². The van der Waals surface area contributed by atoms with Gasteiger partial charge in [-0.3, -0.25) is 0 Å². The Kier molecular flexibility index (Phi) is 8.60. The van der Waals surface area contributed by atoms with E-state index in [1.54, 1.807) is 0 Å². The van der Waals surface area contributed by atoms with Gasteiger partial charge in [-0.25, -0.2) is 0 Å². The lowest BCUT2D eigenvalue weighted by Crippen LogP contribution is -2.20. The van der Waals surface area contributed by atoms with Crippen LogP contribution < -0.4 is 5.32 Å². The summed E-state index contributed by atoms with van der Waals surface area (Å²) in [4.78, 5) is 0. The van der Waals surface area contributed by atoms with Crippen LogP contribution in [0.1, 0.15) is 89.3 Å². The van der Waals surface area contributed by atoms with E-state index in [2.05, 4.69) is 57.3 Å². The van der Waals surface area contributed by atoms with Gasteiger partial charge in [0.2, 0.25) is 0 Å². The first kappa shape index (κ1) is 17.2. The SMILES string of the molecule is CCCCCCCC(NCC)c1ccc(C(C)C)cc1. The monoisotopic (exact) mass is 275 g/mol. The summed E-state index contributed by atoms with van der Waals surface area (Å²) in [6, 6.07) is 9.74. The average Bonchev–Trinajstić information content (AvgIpc) is 2.46. The van der Waals surface area contributed by atoms with Gasteiger partial charge in [-0.2, -0.15) is 0 Å². The highest BCUT2D eigenvalue weighted by molar-refractivity contribution is 5.26. The summed E-state index contributed by atoms with van der Waals surface area (Å²) >= 11 is 0. The topological polar surface area (TPSA) is 12.0 Å². The summed E-state index contributed by atoms with van der Waals surface area (Å²) in [5, 5.41) is 3.64. The highest BCUT2D eigenvalue weighted by Crippen LogP contribution is 2.23. The van der Waals surface area contributed by atoms with Crippen molar-refractivity contribution in [1.82, 2.24) is 5.32 Å². The molecule has 1 heteroatoms. The van der Waals surface area contributed by atoms with Gasteiger partial charge in [0.05, 0.1) is 0 Å². The summed E-state index contributed by atoms with van der Waals surface area (Å²) in [5.74, 6) is 0.621. The fraction of sp³-hybridized carbons (Fsp3) is 0.684. The Morgan fingerprint density at radius 3 is 2.00 bits per heavy atom. The summed E-state index contributed by atoms with van der Waals surface area (Å²) in [6.07, 6.45) is 8.08. The molecular weight excluding hydrogens is 242 g/mol. The average molecular weight is 275 g/mol. The number of rotatable bonds is 10. The lowest BCUT2D eigenvalue weighted by molar-refractivity contribution is 0.478. The first-order valence-corrected chi connectivity index (χ1v) is 8.52. The second kappa shape index (κ2) is 9.99. The van der Waals surface area contributed by atoms with E-state index in [0.29, 0.717) is 12.0 Å². The van der Waals surface area contributed by atoms with Crippen molar-refractivity contribution in [2.24, 2.45) is 0 Å². The van der Waals surface area contributed by atoms with Crippen molar-refractivity contribution in [2.45, 2.75) is 78.2 Å². The van der Waals surface area contributed by atoms with E-state index in [4.69, 9.17) is 0 Å². The third-order valence-corrected chi connectivity index (χ3v) is 4.05. The van der Waals surface area contributed by atoms with Crippen LogP contribution in [0.25, 0.3) is 0 Å². The largest absolute Gasteiger partial charge is 0.310 e. The van der Waals surface area contributed by atoms with Crippen LogP contribution in [-0.4, -0.2) is 6.54 Å². The first-order valence-electron chi connectivity index (χ1n) is 8.52. The van der Waals surface area contributed by atoms with Gasteiger partial charge in [-0.05, 0) is 30.0 Å². The van der Waals surface area contributed by atoms with Gasteiger partial charge in [-0.1, -0.05) is 84.1 Å². The molecule has 0 spiro atoms. The van der Waals surface area contributed by atoms with E-state index >= 15 is 0 Å². The standard InChI is InChI=1S/C19H33N/c1-5-7-8-9-10-11-19(20-6-2)18-14-12-17(13-15-18)16(3)4/h12-16,19-20H,5-11H2,1-4H3. The molecule has 0 bridgehead atoms. The highest BCUT2D eigenvalue weighted by Gasteiger charge is 2.10. The Hall–Kier alpha value is -0.820. The predicted octanol–water partition coefficient (Wildman–Crippen LogP) is 5.82. The van der Waals surface area contributed by atoms with Gasteiger partial charge >= 0.3 is 0 Å². The minimum atomic E-state index is 0.530. The number of hydrogen-bond acceptors (Lipinski definition) is 1. The van der Waals surface area contributed by atoms with Crippen molar-refractivity contribution >= 4 is 0 Å². The Labute approximate surface area is 126 Å². The molecule has 1 unspecified atom stereocenters. The second-order valence-electron chi connectivity index (χ2n) is 6.13. The van der Waals surface area contributed by atoms with Gasteiger partial charge in [0.25, 0.3) is 0 Å². The zero-order valence-electron chi connectivity index (χ0n) is 13.9. The Morgan fingerprint density at radius 2 is 1.45 bits per heavy atom. The molecule has 1 rings (SSSR count). The molecule has 114 valence electrons. The molecule has 1 atom stereocenters. The van der Waals surface area contributed by atoms with Crippen LogP contribution in [0.2, 0.25) is 0 Å². The molecule has 0 aromatic heterocycles. The van der Waals surface area contributed by atoms with Crippen LogP contribution >= 0.6 is 0 Å². The molecule has 0 amide bonds. The Balaban J connectivity index is 2.51. The summed E-state index contributed by atoms with van der Waals surface area (Å²) in [6.45, 7) is 10.0. The van der Waals surface area contributed by atoms with E-state index in [-0.39, 0.29) is 0 Å². The molecule has 0 aliphatic heterocycles. The van der Waals surface area contributed by atoms with E-state index in [9.17, 15) is 0 Å². The molecule has 0 radical (unpaired) electrons. The van der Waals surface area contributed by atoms with Gasteiger partial charge in [0.1, 0.15) is 0 Å². The zero-order chi connectivity index (χ0) is 14.8. The van der Waals surface area contributed by atoms with Crippen molar-refractivity contribution in [1.29, 1.82) is 0 Å². The molecule has 0 heterocycles. The van der Waals surface area contributed by atoms with Gasteiger partial charge in [0.15, 0.2) is 0 Å². The van der Waals surface area contributed by atoms with Gasteiger partial charge in [0, 0.05) is 6.04 Å². The van der Waals surface area contributed by atoms with Crippen LogP contribution in [0.4, 0.5) is 0 Å². The third-order valence-electron chi connectivity index (χ3n) is 4.05. The number of hydrogen-bond donors (Lipinski definition) is 1. The lowest BCUT2D eigenvalue weighted by Gasteiger charge is -2.19. The fourth-order valence-electron chi connectivity index (χ4n) is 2.70. The minimum absolute atomic E-state index is 0.530. The van der Waals surface area contributed by atoms with E-state index in [1.807, 2.05) is 0 Å². The molecule has 1 aromatic rings. The first-order chi connectivity index (χ1) is 9.69. The van der Waals surface area contributed by atoms with Crippen LogP contribution in [0.3, 0.4) is 0 Å². The molecule has 0 aliphatic rings. The Bertz CT molecular complexity index is 339. The van der Waals surface area contributed by atoms with Crippen molar-refractivity contribution in [3.05, 3.63) is 35.4 Å². The Morgan fingerprint density at radius 1 is 0.850 bits per heavy atom. The smallest absolute Gasteiger partial charge is 0.0320 e. The highest BCUT2D eigenvalue weighted by atomic mass is 14.9. The summed E-state index contributed by atoms with van der Waals surface area (Å²) < 4.78 is 0. The second-order valence-corrected chi connectivity index (χ2v) is 6.13. The molecule has 0 aliphatic carbocycles. The molecule has 0 saturated heterocycles. The quantitative estimate of drug-likeness (QED) is 0.530. The summed E-state index contributed by atoms with van der Waals surface area (Å²) in [5.41, 5.74) is 2.89. The fourth-order valence-corrected chi connectivity index (χ4v) is 2.70. The van der Waals surface area contributed by atoms with Crippen LogP contribution in [-0.2, 0) is 0 Å². The van der Waals surface area contributed by atoms with Crippen molar-refractivity contribution in [3.63, 3.8) is 0 Å².